The van der Waals surface area contributed by atoms with Crippen LogP contribution in [-0.2, 0) is 6.42 Å². The van der Waals surface area contributed by atoms with Gasteiger partial charge in [-0.15, -0.1) is 0 Å². The number of aromatic hydroxyl groups is 1. The largest absolute Gasteiger partial charge is 0.508 e. The maximum Gasteiger partial charge on any atom is 0.272 e. The first kappa shape index (κ1) is 13.4. The van der Waals surface area contributed by atoms with E-state index in [0.29, 0.717) is 11.3 Å². The maximum atomic E-state index is 10.8. The van der Waals surface area contributed by atoms with E-state index in [9.17, 15) is 15.2 Å². The zero-order valence-corrected chi connectivity index (χ0v) is 11.7. The highest BCUT2D eigenvalue weighted by molar-refractivity contribution is 5.56. The molecule has 0 aromatic heterocycles. The van der Waals surface area contributed by atoms with E-state index in [1.54, 1.807) is 25.1 Å². The maximum absolute atomic E-state index is 10.8. The number of aryl methyl sites for hydroxylation is 1. The third-order valence-electron chi connectivity index (χ3n) is 3.98. The lowest BCUT2D eigenvalue weighted by Crippen LogP contribution is -2.07. The van der Waals surface area contributed by atoms with Crippen molar-refractivity contribution in [2.45, 2.75) is 25.8 Å². The molecule has 1 unspecified atom stereocenters. The number of hydrogen-bond donors (Lipinski definition) is 2. The van der Waals surface area contributed by atoms with Crippen LogP contribution in [0, 0.1) is 17.0 Å². The average molecular weight is 284 g/mol. The molecule has 0 spiro atoms. The molecule has 0 bridgehead atoms. The highest BCUT2D eigenvalue weighted by Gasteiger charge is 2.24. The molecule has 2 aromatic rings. The van der Waals surface area contributed by atoms with E-state index in [4.69, 9.17) is 0 Å². The van der Waals surface area contributed by atoms with Crippen molar-refractivity contribution >= 4 is 11.4 Å². The van der Waals surface area contributed by atoms with Gasteiger partial charge in [-0.1, -0.05) is 12.1 Å². The van der Waals surface area contributed by atoms with Gasteiger partial charge in [0.05, 0.1) is 11.0 Å². The van der Waals surface area contributed by atoms with E-state index in [0.717, 1.165) is 29.7 Å². The van der Waals surface area contributed by atoms with Crippen molar-refractivity contribution in [3.05, 3.63) is 63.2 Å². The van der Waals surface area contributed by atoms with E-state index in [2.05, 4.69) is 5.32 Å². The molecule has 0 saturated carbocycles. The summed E-state index contributed by atoms with van der Waals surface area (Å²) in [7, 11) is 0. The zero-order valence-electron chi connectivity index (χ0n) is 11.7. The first-order chi connectivity index (χ1) is 10.1. The molecule has 3 rings (SSSR count). The number of anilines is 1. The summed E-state index contributed by atoms with van der Waals surface area (Å²) in [6.45, 7) is 1.73. The lowest BCUT2D eigenvalue weighted by atomic mass is 10.1. The quantitative estimate of drug-likeness (QED) is 0.665. The summed E-state index contributed by atoms with van der Waals surface area (Å²) in [5, 5.41) is 24.1. The molecule has 2 aromatic carbocycles. The van der Waals surface area contributed by atoms with Crippen molar-refractivity contribution in [2.75, 3.05) is 5.32 Å². The first-order valence-electron chi connectivity index (χ1n) is 6.88. The number of benzene rings is 2. The number of phenolic OH excluding ortho intramolecular Hbond substituents is 1. The minimum absolute atomic E-state index is 0.130. The van der Waals surface area contributed by atoms with E-state index >= 15 is 0 Å². The molecule has 5 heteroatoms. The number of hydrogen-bond acceptors (Lipinski definition) is 4. The molecule has 108 valence electrons. The highest BCUT2D eigenvalue weighted by atomic mass is 16.6. The lowest BCUT2D eigenvalue weighted by Gasteiger charge is -2.16. The molecular formula is C16H16N2O3. The number of nitro groups is 1. The third-order valence-corrected chi connectivity index (χ3v) is 3.98. The van der Waals surface area contributed by atoms with Crippen molar-refractivity contribution in [3.8, 4) is 5.75 Å². The Morgan fingerprint density at radius 3 is 2.86 bits per heavy atom. The Labute approximate surface area is 122 Å². The van der Waals surface area contributed by atoms with Crippen LogP contribution in [0.5, 0.6) is 5.75 Å². The predicted molar refractivity (Wildman–Crippen MR) is 80.6 cm³/mol. The summed E-state index contributed by atoms with van der Waals surface area (Å²) in [6, 6.07) is 10.7. The molecule has 0 amide bonds. The van der Waals surface area contributed by atoms with Gasteiger partial charge < -0.3 is 10.4 Å². The number of fused-ring (bicyclic) bond motifs is 1. The molecule has 0 aliphatic heterocycles. The Bertz CT molecular complexity index is 713. The number of nitrogens with one attached hydrogen (secondary N) is 1. The van der Waals surface area contributed by atoms with E-state index in [-0.39, 0.29) is 16.7 Å². The molecule has 0 heterocycles. The van der Waals surface area contributed by atoms with Gasteiger partial charge in [-0.25, -0.2) is 0 Å². The van der Waals surface area contributed by atoms with Crippen LogP contribution in [-0.4, -0.2) is 10.0 Å². The molecule has 2 N–H and O–H groups in total. The molecule has 1 aliphatic rings. The van der Waals surface area contributed by atoms with Crippen LogP contribution in [0.1, 0.15) is 29.2 Å². The molecule has 0 saturated heterocycles. The highest BCUT2D eigenvalue weighted by Crippen LogP contribution is 2.38. The van der Waals surface area contributed by atoms with Crippen LogP contribution >= 0.6 is 0 Å². The van der Waals surface area contributed by atoms with Crippen molar-refractivity contribution in [3.63, 3.8) is 0 Å². The summed E-state index contributed by atoms with van der Waals surface area (Å²) in [5.74, 6) is 0.344. The Hall–Kier alpha value is -2.56. The summed E-state index contributed by atoms with van der Waals surface area (Å²) >= 11 is 0. The van der Waals surface area contributed by atoms with Gasteiger partial charge in [0, 0.05) is 17.3 Å². The minimum atomic E-state index is -0.373. The van der Waals surface area contributed by atoms with E-state index in [1.807, 2.05) is 12.1 Å². The van der Waals surface area contributed by atoms with E-state index < -0.39 is 0 Å². The van der Waals surface area contributed by atoms with Crippen LogP contribution < -0.4 is 5.32 Å². The van der Waals surface area contributed by atoms with Gasteiger partial charge in [-0.3, -0.25) is 10.1 Å². The molecule has 1 atom stereocenters. The second kappa shape index (κ2) is 5.09. The van der Waals surface area contributed by atoms with Gasteiger partial charge in [-0.05, 0) is 49.1 Å². The summed E-state index contributed by atoms with van der Waals surface area (Å²) in [5.41, 5.74) is 3.73. The smallest absolute Gasteiger partial charge is 0.272 e. The number of phenols is 1. The fourth-order valence-corrected chi connectivity index (χ4v) is 2.94. The van der Waals surface area contributed by atoms with Crippen molar-refractivity contribution in [2.24, 2.45) is 0 Å². The normalized spacial score (nSPS) is 16.5. The first-order valence-corrected chi connectivity index (χ1v) is 6.88. The Balaban J connectivity index is 1.85. The number of nitro benzene ring substituents is 1. The predicted octanol–water partition coefficient (Wildman–Crippen LogP) is 3.71. The van der Waals surface area contributed by atoms with Gasteiger partial charge in [0.1, 0.15) is 5.75 Å². The van der Waals surface area contributed by atoms with Crippen molar-refractivity contribution in [1.82, 2.24) is 0 Å². The van der Waals surface area contributed by atoms with Crippen LogP contribution in [0.2, 0.25) is 0 Å². The van der Waals surface area contributed by atoms with Gasteiger partial charge in [0.25, 0.3) is 5.69 Å². The van der Waals surface area contributed by atoms with E-state index in [1.165, 1.54) is 6.07 Å². The van der Waals surface area contributed by atoms with Crippen LogP contribution in [0.15, 0.2) is 36.4 Å². The Morgan fingerprint density at radius 2 is 2.14 bits per heavy atom. The van der Waals surface area contributed by atoms with Gasteiger partial charge >= 0.3 is 0 Å². The van der Waals surface area contributed by atoms with Crippen molar-refractivity contribution < 1.29 is 10.0 Å². The second-order valence-electron chi connectivity index (χ2n) is 5.34. The molecule has 0 fully saturated rings. The fraction of sp³-hybridized carbons (Fsp3) is 0.250. The minimum Gasteiger partial charge on any atom is -0.508 e. The van der Waals surface area contributed by atoms with Crippen LogP contribution in [0.25, 0.3) is 0 Å². The topological polar surface area (TPSA) is 75.4 Å². The van der Waals surface area contributed by atoms with Gasteiger partial charge in [0.15, 0.2) is 0 Å². The molecule has 5 nitrogen and oxygen atoms in total. The molecule has 21 heavy (non-hydrogen) atoms. The second-order valence-corrected chi connectivity index (χ2v) is 5.34. The lowest BCUT2D eigenvalue weighted by molar-refractivity contribution is -0.385. The van der Waals surface area contributed by atoms with Crippen LogP contribution in [0.4, 0.5) is 11.4 Å². The van der Waals surface area contributed by atoms with Crippen molar-refractivity contribution in [1.29, 1.82) is 0 Å². The fourth-order valence-electron chi connectivity index (χ4n) is 2.94. The summed E-state index contributed by atoms with van der Waals surface area (Å²) in [4.78, 5) is 10.5. The molecular weight excluding hydrogens is 268 g/mol. The number of nitrogens with zero attached hydrogens (tertiary/aromatic N) is 1. The number of rotatable bonds is 3. The monoisotopic (exact) mass is 284 g/mol. The Kier molecular flexibility index (Phi) is 3.25. The Morgan fingerprint density at radius 1 is 1.33 bits per heavy atom. The standard InChI is InChI=1S/C16H16N2O3/c1-10-9-11(5-8-15(10)18(20)21)17-14-7-6-13-12(14)3-2-4-16(13)19/h2-5,8-9,14,17,19H,6-7H2,1H3. The SMILES string of the molecule is Cc1cc(NC2CCc3c(O)cccc32)ccc1[N+](=O)[O-]. The van der Waals surface area contributed by atoms with Gasteiger partial charge in [-0.2, -0.15) is 0 Å². The zero-order chi connectivity index (χ0) is 15.0. The third kappa shape index (κ3) is 2.42. The van der Waals surface area contributed by atoms with Crippen LogP contribution in [0.3, 0.4) is 0 Å². The molecule has 1 aliphatic carbocycles. The molecule has 0 radical (unpaired) electrons. The summed E-state index contributed by atoms with van der Waals surface area (Å²) < 4.78 is 0. The average Bonchev–Trinajstić information content (AvgIpc) is 2.83. The van der Waals surface area contributed by atoms with Gasteiger partial charge in [0.2, 0.25) is 0 Å². The summed E-state index contributed by atoms with van der Waals surface area (Å²) in [6.07, 6.45) is 1.74.